The van der Waals surface area contributed by atoms with Gasteiger partial charge in [0.05, 0.1) is 12.8 Å². The Morgan fingerprint density at radius 3 is 2.38 bits per heavy atom. The fourth-order valence-electron chi connectivity index (χ4n) is 2.30. The first-order valence-electron chi connectivity index (χ1n) is 6.96. The molecular weight excluding hydrogens is 351 g/mol. The summed E-state index contributed by atoms with van der Waals surface area (Å²) in [6.45, 7) is 0. The average Bonchev–Trinajstić information content (AvgIpc) is 2.84. The van der Waals surface area contributed by atoms with E-state index in [9.17, 15) is 9.59 Å². The SMILES string of the molecule is COc1ccc(Cl)cc1/C=C1/C(=O)NN(c2ccc(Cl)cc2)C1=O. The number of nitrogens with one attached hydrogen (secondary N) is 1. The van der Waals surface area contributed by atoms with E-state index in [4.69, 9.17) is 27.9 Å². The minimum Gasteiger partial charge on any atom is -0.496 e. The molecule has 0 bridgehead atoms. The first kappa shape index (κ1) is 16.4. The highest BCUT2D eigenvalue weighted by molar-refractivity contribution is 6.33. The maximum absolute atomic E-state index is 12.6. The van der Waals surface area contributed by atoms with Gasteiger partial charge in [-0.05, 0) is 48.5 Å². The van der Waals surface area contributed by atoms with Gasteiger partial charge in [-0.2, -0.15) is 0 Å². The van der Waals surface area contributed by atoms with E-state index in [-0.39, 0.29) is 5.57 Å². The van der Waals surface area contributed by atoms with Crippen molar-refractivity contribution >= 4 is 46.8 Å². The topological polar surface area (TPSA) is 58.6 Å². The monoisotopic (exact) mass is 362 g/mol. The summed E-state index contributed by atoms with van der Waals surface area (Å²) < 4.78 is 5.23. The molecule has 2 aromatic carbocycles. The zero-order valence-electron chi connectivity index (χ0n) is 12.5. The molecule has 1 heterocycles. The van der Waals surface area contributed by atoms with E-state index < -0.39 is 11.8 Å². The molecule has 0 unspecified atom stereocenters. The van der Waals surface area contributed by atoms with Crippen LogP contribution in [-0.2, 0) is 9.59 Å². The van der Waals surface area contributed by atoms with Crippen LogP contribution in [0.15, 0.2) is 48.0 Å². The number of ether oxygens (including phenoxy) is 1. The summed E-state index contributed by atoms with van der Waals surface area (Å²) in [6.07, 6.45) is 1.46. The third-order valence-electron chi connectivity index (χ3n) is 3.47. The molecule has 1 fully saturated rings. The molecule has 0 aromatic heterocycles. The Morgan fingerprint density at radius 1 is 1.04 bits per heavy atom. The minimum absolute atomic E-state index is 0.00878. The summed E-state index contributed by atoms with van der Waals surface area (Å²) in [4.78, 5) is 24.7. The number of amides is 2. The number of nitrogens with zero attached hydrogens (tertiary/aromatic N) is 1. The van der Waals surface area contributed by atoms with Crippen LogP contribution in [0.1, 0.15) is 5.56 Å². The van der Waals surface area contributed by atoms with Gasteiger partial charge in [-0.15, -0.1) is 0 Å². The highest BCUT2D eigenvalue weighted by Gasteiger charge is 2.34. The molecule has 3 rings (SSSR count). The number of carbonyl (C=O) groups excluding carboxylic acids is 2. The number of hydrogen-bond acceptors (Lipinski definition) is 3. The summed E-state index contributed by atoms with van der Waals surface area (Å²) in [5.74, 6) is -0.459. The highest BCUT2D eigenvalue weighted by Crippen LogP contribution is 2.28. The molecule has 2 aromatic rings. The van der Waals surface area contributed by atoms with Crippen molar-refractivity contribution < 1.29 is 14.3 Å². The molecule has 1 saturated heterocycles. The molecule has 0 spiro atoms. The van der Waals surface area contributed by atoms with Crippen LogP contribution >= 0.6 is 23.2 Å². The van der Waals surface area contributed by atoms with Crippen molar-refractivity contribution in [1.29, 1.82) is 0 Å². The highest BCUT2D eigenvalue weighted by atomic mass is 35.5. The minimum atomic E-state index is -0.503. The van der Waals surface area contributed by atoms with Gasteiger partial charge in [0.15, 0.2) is 0 Å². The molecule has 2 amide bonds. The molecule has 7 heteroatoms. The summed E-state index contributed by atoms with van der Waals surface area (Å²) in [7, 11) is 1.50. The van der Waals surface area contributed by atoms with E-state index in [1.54, 1.807) is 42.5 Å². The zero-order chi connectivity index (χ0) is 17.3. The van der Waals surface area contributed by atoms with Gasteiger partial charge >= 0.3 is 0 Å². The van der Waals surface area contributed by atoms with Crippen molar-refractivity contribution in [1.82, 2.24) is 5.43 Å². The Bertz CT molecular complexity index is 847. The predicted molar refractivity (Wildman–Crippen MR) is 93.1 cm³/mol. The third kappa shape index (κ3) is 3.09. The van der Waals surface area contributed by atoms with Gasteiger partial charge in [-0.25, -0.2) is 5.01 Å². The Kier molecular flexibility index (Phi) is 4.46. The predicted octanol–water partition coefficient (Wildman–Crippen LogP) is 3.46. The van der Waals surface area contributed by atoms with Crippen LogP contribution in [0.5, 0.6) is 5.75 Å². The number of halogens is 2. The number of hydrazine groups is 1. The number of anilines is 1. The Morgan fingerprint density at radius 2 is 1.71 bits per heavy atom. The van der Waals surface area contributed by atoms with Gasteiger partial charge in [0, 0.05) is 15.6 Å². The van der Waals surface area contributed by atoms with Crippen molar-refractivity contribution in [3.05, 3.63) is 63.6 Å². The van der Waals surface area contributed by atoms with Crippen LogP contribution in [-0.4, -0.2) is 18.9 Å². The largest absolute Gasteiger partial charge is 0.496 e. The molecule has 0 atom stereocenters. The number of rotatable bonds is 3. The lowest BCUT2D eigenvalue weighted by Gasteiger charge is -2.14. The first-order valence-corrected chi connectivity index (χ1v) is 7.71. The molecule has 122 valence electrons. The maximum atomic E-state index is 12.6. The van der Waals surface area contributed by atoms with Crippen molar-refractivity contribution in [2.24, 2.45) is 0 Å². The molecule has 0 saturated carbocycles. The molecule has 0 radical (unpaired) electrons. The van der Waals surface area contributed by atoms with Crippen LogP contribution in [0.2, 0.25) is 10.0 Å². The molecule has 0 aliphatic carbocycles. The summed E-state index contributed by atoms with van der Waals surface area (Å²) in [5.41, 5.74) is 3.57. The van der Waals surface area contributed by atoms with E-state index in [0.29, 0.717) is 27.0 Å². The lowest BCUT2D eigenvalue weighted by Crippen LogP contribution is -2.35. The normalized spacial score (nSPS) is 15.8. The van der Waals surface area contributed by atoms with Crippen molar-refractivity contribution in [3.63, 3.8) is 0 Å². The van der Waals surface area contributed by atoms with E-state index >= 15 is 0 Å². The van der Waals surface area contributed by atoms with Gasteiger partial charge in [0.25, 0.3) is 11.8 Å². The average molecular weight is 363 g/mol. The van der Waals surface area contributed by atoms with Gasteiger partial charge in [-0.1, -0.05) is 23.2 Å². The van der Waals surface area contributed by atoms with Crippen molar-refractivity contribution in [3.8, 4) is 5.75 Å². The van der Waals surface area contributed by atoms with Crippen LogP contribution in [0.3, 0.4) is 0 Å². The number of methoxy groups -OCH3 is 1. The zero-order valence-corrected chi connectivity index (χ0v) is 14.1. The molecule has 24 heavy (non-hydrogen) atoms. The smallest absolute Gasteiger partial charge is 0.282 e. The summed E-state index contributed by atoms with van der Waals surface area (Å²) in [6, 6.07) is 11.5. The second kappa shape index (κ2) is 6.55. The van der Waals surface area contributed by atoms with Crippen LogP contribution in [0.4, 0.5) is 5.69 Å². The molecule has 1 N–H and O–H groups in total. The van der Waals surface area contributed by atoms with E-state index in [1.807, 2.05) is 0 Å². The second-order valence-electron chi connectivity index (χ2n) is 5.00. The third-order valence-corrected chi connectivity index (χ3v) is 3.95. The summed E-state index contributed by atoms with van der Waals surface area (Å²) in [5, 5.41) is 2.18. The molecule has 5 nitrogen and oxygen atoms in total. The van der Waals surface area contributed by atoms with Gasteiger partial charge < -0.3 is 4.74 Å². The van der Waals surface area contributed by atoms with Crippen LogP contribution < -0.4 is 15.2 Å². The number of carbonyl (C=O) groups is 2. The number of hydrogen-bond donors (Lipinski definition) is 1. The summed E-state index contributed by atoms with van der Waals surface area (Å²) >= 11 is 11.8. The lowest BCUT2D eigenvalue weighted by molar-refractivity contribution is -0.117. The number of benzene rings is 2. The molecular formula is C17H12Cl2N2O3. The van der Waals surface area contributed by atoms with E-state index in [0.717, 1.165) is 0 Å². The van der Waals surface area contributed by atoms with Crippen LogP contribution in [0, 0.1) is 0 Å². The lowest BCUT2D eigenvalue weighted by atomic mass is 10.1. The van der Waals surface area contributed by atoms with E-state index in [2.05, 4.69) is 5.43 Å². The van der Waals surface area contributed by atoms with Crippen molar-refractivity contribution in [2.45, 2.75) is 0 Å². The van der Waals surface area contributed by atoms with Gasteiger partial charge in [0.2, 0.25) is 0 Å². The van der Waals surface area contributed by atoms with E-state index in [1.165, 1.54) is 18.2 Å². The van der Waals surface area contributed by atoms with Crippen LogP contribution in [0.25, 0.3) is 6.08 Å². The first-order chi connectivity index (χ1) is 11.5. The Hall–Kier alpha value is -2.50. The quantitative estimate of drug-likeness (QED) is 0.671. The standard InChI is InChI=1S/C17H12Cl2N2O3/c1-24-15-7-4-12(19)8-10(15)9-14-16(22)20-21(17(14)23)13-5-2-11(18)3-6-13/h2-9H,1H3,(H,20,22)/b14-9-. The van der Waals surface area contributed by atoms with Gasteiger partial charge in [0.1, 0.15) is 11.3 Å². The van der Waals surface area contributed by atoms with Crippen molar-refractivity contribution in [2.75, 3.05) is 12.1 Å². The second-order valence-corrected chi connectivity index (χ2v) is 5.88. The Balaban J connectivity index is 1.97. The fourth-order valence-corrected chi connectivity index (χ4v) is 2.61. The molecule has 1 aliphatic heterocycles. The maximum Gasteiger partial charge on any atom is 0.282 e. The Labute approximate surface area is 148 Å². The van der Waals surface area contributed by atoms with Gasteiger partial charge in [-0.3, -0.25) is 15.0 Å². The molecule has 1 aliphatic rings. The fraction of sp³-hybridized carbons (Fsp3) is 0.0588.